The third kappa shape index (κ3) is 6.32. The second kappa shape index (κ2) is 10.1. The highest BCUT2D eigenvalue weighted by Crippen LogP contribution is 2.39. The zero-order chi connectivity index (χ0) is 28.6. The Kier molecular flexibility index (Phi) is 7.63. The molecule has 8 nitrogen and oxygen atoms in total. The Hall–Kier alpha value is -3.89. The molecule has 1 fully saturated rings. The summed E-state index contributed by atoms with van der Waals surface area (Å²) in [5.41, 5.74) is -3.71. The number of fused-ring (bicyclic) bond motifs is 2. The van der Waals surface area contributed by atoms with Gasteiger partial charge in [-0.2, -0.15) is 39.5 Å². The number of pyridine rings is 1. The summed E-state index contributed by atoms with van der Waals surface area (Å²) in [6, 6.07) is 1.40. The van der Waals surface area contributed by atoms with E-state index < -0.39 is 59.0 Å². The predicted octanol–water partition coefficient (Wildman–Crippen LogP) is 3.79. The van der Waals surface area contributed by atoms with Gasteiger partial charge in [-0.1, -0.05) is 0 Å². The van der Waals surface area contributed by atoms with Gasteiger partial charge in [0, 0.05) is 25.2 Å². The summed E-state index contributed by atoms with van der Waals surface area (Å²) in [6.07, 6.45) is -14.1. The van der Waals surface area contributed by atoms with Gasteiger partial charge in [-0.05, 0) is 24.3 Å². The van der Waals surface area contributed by atoms with E-state index in [9.17, 15) is 49.1 Å². The monoisotopic (exact) mass is 558 g/mol. The minimum Gasteiger partial charge on any atom is -0.475 e. The van der Waals surface area contributed by atoms with E-state index in [2.05, 4.69) is 15.6 Å². The van der Waals surface area contributed by atoms with Crippen molar-refractivity contribution in [2.75, 3.05) is 25.0 Å². The molecule has 1 atom stereocenters. The molecule has 0 radical (unpaired) electrons. The number of piperazine rings is 1. The number of aliphatic carboxylic acids is 1. The van der Waals surface area contributed by atoms with Crippen molar-refractivity contribution in [2.45, 2.75) is 24.6 Å². The molecular formula is C21H15F9N4O4. The number of benzene rings is 1. The van der Waals surface area contributed by atoms with Crippen molar-refractivity contribution in [3.05, 3.63) is 47.2 Å². The number of nitrogens with zero attached hydrogens (tertiary/aromatic N) is 2. The van der Waals surface area contributed by atoms with E-state index in [-0.39, 0.29) is 36.1 Å². The highest BCUT2D eigenvalue weighted by Gasteiger charge is 2.40. The van der Waals surface area contributed by atoms with Crippen LogP contribution in [-0.2, 0) is 21.9 Å². The van der Waals surface area contributed by atoms with Crippen LogP contribution in [0.15, 0.2) is 30.5 Å². The Balaban J connectivity index is 0.000000505. The Bertz CT molecular complexity index is 1230. The van der Waals surface area contributed by atoms with Gasteiger partial charge in [0.2, 0.25) is 5.91 Å². The molecule has 2 amide bonds. The molecule has 1 saturated heterocycles. The smallest absolute Gasteiger partial charge is 0.475 e. The maximum Gasteiger partial charge on any atom is 0.490 e. The first-order valence-electron chi connectivity index (χ1n) is 10.3. The lowest BCUT2D eigenvalue weighted by atomic mass is 10.0. The normalized spacial score (nSPS) is 17.9. The second-order valence-corrected chi connectivity index (χ2v) is 7.92. The predicted molar refractivity (Wildman–Crippen MR) is 110 cm³/mol. The molecule has 1 aromatic heterocycles. The molecule has 3 heterocycles. The summed E-state index contributed by atoms with van der Waals surface area (Å²) in [6.45, 7) is 0.871. The van der Waals surface area contributed by atoms with E-state index in [0.717, 1.165) is 12.3 Å². The lowest BCUT2D eigenvalue weighted by molar-refractivity contribution is -0.192. The van der Waals surface area contributed by atoms with Crippen LogP contribution in [0.5, 0.6) is 0 Å². The van der Waals surface area contributed by atoms with Gasteiger partial charge in [0.15, 0.2) is 0 Å². The fourth-order valence-electron chi connectivity index (χ4n) is 3.54. The summed E-state index contributed by atoms with van der Waals surface area (Å²) < 4.78 is 111. The van der Waals surface area contributed by atoms with Crippen LogP contribution in [0.4, 0.5) is 45.2 Å². The fourth-order valence-corrected chi connectivity index (χ4v) is 3.54. The molecule has 2 aliphatic rings. The van der Waals surface area contributed by atoms with Gasteiger partial charge < -0.3 is 20.6 Å². The molecule has 1 aromatic carbocycles. The fraction of sp³-hybridized carbons (Fsp3) is 0.333. The number of anilines is 1. The third-order valence-electron chi connectivity index (χ3n) is 5.33. The Labute approximate surface area is 206 Å². The van der Waals surface area contributed by atoms with Gasteiger partial charge in [0.1, 0.15) is 6.04 Å². The van der Waals surface area contributed by atoms with Crippen LogP contribution < -0.4 is 10.6 Å². The van der Waals surface area contributed by atoms with Crippen LogP contribution in [-0.4, -0.2) is 64.6 Å². The minimum absolute atomic E-state index is 0.0175. The average Bonchev–Trinajstić information content (AvgIpc) is 2.92. The van der Waals surface area contributed by atoms with Gasteiger partial charge in [0.05, 0.1) is 34.3 Å². The summed E-state index contributed by atoms with van der Waals surface area (Å²) in [7, 11) is 0. The molecule has 2 aromatic rings. The summed E-state index contributed by atoms with van der Waals surface area (Å²) in [5.74, 6) is -3.79. The zero-order valence-corrected chi connectivity index (χ0v) is 18.6. The van der Waals surface area contributed by atoms with Gasteiger partial charge in [0.25, 0.3) is 5.91 Å². The van der Waals surface area contributed by atoms with Gasteiger partial charge in [-0.3, -0.25) is 14.6 Å². The molecule has 206 valence electrons. The maximum absolute atomic E-state index is 13.2. The SMILES string of the molecule is O=C(O)C(F)(F)F.O=C1Nc2cnc(-c3cc(C(F)(F)F)cc(C(F)(F)F)c3)cc2C(=O)N2CCNC[C@@H]12. The van der Waals surface area contributed by atoms with E-state index in [1.807, 2.05) is 0 Å². The molecule has 3 N–H and O–H groups in total. The number of aromatic nitrogens is 1. The summed E-state index contributed by atoms with van der Waals surface area (Å²) in [4.78, 5) is 39.5. The number of rotatable bonds is 1. The lowest BCUT2D eigenvalue weighted by Gasteiger charge is -2.33. The van der Waals surface area contributed by atoms with E-state index in [1.165, 1.54) is 4.90 Å². The molecule has 38 heavy (non-hydrogen) atoms. The number of nitrogens with one attached hydrogen (secondary N) is 2. The first-order chi connectivity index (χ1) is 17.4. The van der Waals surface area contributed by atoms with Crippen molar-refractivity contribution in [1.29, 1.82) is 0 Å². The molecule has 4 rings (SSSR count). The zero-order valence-electron chi connectivity index (χ0n) is 18.6. The van der Waals surface area contributed by atoms with Crippen molar-refractivity contribution >= 4 is 23.5 Å². The molecule has 0 bridgehead atoms. The van der Waals surface area contributed by atoms with Crippen LogP contribution >= 0.6 is 0 Å². The molecule has 2 aliphatic heterocycles. The van der Waals surface area contributed by atoms with E-state index >= 15 is 0 Å². The molecular weight excluding hydrogens is 543 g/mol. The topological polar surface area (TPSA) is 112 Å². The Morgan fingerprint density at radius 3 is 2.00 bits per heavy atom. The average molecular weight is 558 g/mol. The first kappa shape index (κ1) is 28.7. The van der Waals surface area contributed by atoms with Gasteiger partial charge >= 0.3 is 24.5 Å². The highest BCUT2D eigenvalue weighted by molar-refractivity contribution is 6.10. The number of hydrogen-bond donors (Lipinski definition) is 3. The van der Waals surface area contributed by atoms with Crippen LogP contribution in [0, 0.1) is 0 Å². The number of amides is 2. The Morgan fingerprint density at radius 1 is 0.947 bits per heavy atom. The number of carbonyl (C=O) groups excluding carboxylic acids is 2. The van der Waals surface area contributed by atoms with Crippen LogP contribution in [0.3, 0.4) is 0 Å². The summed E-state index contributed by atoms with van der Waals surface area (Å²) >= 11 is 0. The van der Waals surface area contributed by atoms with Crippen molar-refractivity contribution in [1.82, 2.24) is 15.2 Å². The Morgan fingerprint density at radius 2 is 1.50 bits per heavy atom. The van der Waals surface area contributed by atoms with Gasteiger partial charge in [-0.15, -0.1) is 0 Å². The molecule has 0 spiro atoms. The number of carboxylic acids is 1. The molecule has 0 saturated carbocycles. The minimum atomic E-state index is -5.08. The quantitative estimate of drug-likeness (QED) is 0.460. The van der Waals surface area contributed by atoms with Crippen molar-refractivity contribution < 1.29 is 59.0 Å². The lowest BCUT2D eigenvalue weighted by Crippen LogP contribution is -2.57. The first-order valence-corrected chi connectivity index (χ1v) is 10.3. The molecule has 0 aliphatic carbocycles. The number of carbonyl (C=O) groups is 3. The molecule has 17 heteroatoms. The maximum atomic E-state index is 13.2. The van der Waals surface area contributed by atoms with Crippen molar-refractivity contribution in [3.8, 4) is 11.3 Å². The standard InChI is InChI=1S/C19H14F6N4O2.C2HF3O2/c20-18(21,22)10-3-9(4-11(5-10)19(23,24)25)13-6-12-14(7-27-13)28-16(30)15-8-26-1-2-29(15)17(12)31;3-2(4,5)1(6)7/h3-7,15,26H,1-2,8H2,(H,28,30);(H,6,7)/t15-;/m0./s1. The number of carboxylic acid groups (broad SMARTS) is 1. The largest absolute Gasteiger partial charge is 0.490 e. The van der Waals surface area contributed by atoms with E-state index in [4.69, 9.17) is 9.90 Å². The number of halogens is 9. The van der Waals surface area contributed by atoms with Crippen molar-refractivity contribution in [2.24, 2.45) is 0 Å². The third-order valence-corrected chi connectivity index (χ3v) is 5.33. The van der Waals surface area contributed by atoms with Crippen LogP contribution in [0.25, 0.3) is 11.3 Å². The van der Waals surface area contributed by atoms with Gasteiger partial charge in [-0.25, -0.2) is 4.79 Å². The van der Waals surface area contributed by atoms with Crippen molar-refractivity contribution in [3.63, 3.8) is 0 Å². The van der Waals surface area contributed by atoms with E-state index in [1.54, 1.807) is 0 Å². The molecule has 0 unspecified atom stereocenters. The van der Waals surface area contributed by atoms with Crippen LogP contribution in [0.1, 0.15) is 21.5 Å². The highest BCUT2D eigenvalue weighted by atomic mass is 19.4. The number of alkyl halides is 9. The van der Waals surface area contributed by atoms with E-state index in [0.29, 0.717) is 18.7 Å². The summed E-state index contributed by atoms with van der Waals surface area (Å²) in [5, 5.41) is 12.6. The number of hydrogen-bond acceptors (Lipinski definition) is 5. The second-order valence-electron chi connectivity index (χ2n) is 7.92. The van der Waals surface area contributed by atoms with Crippen LogP contribution in [0.2, 0.25) is 0 Å².